The molecule has 1 aromatic heterocycles. The average molecular weight is 304 g/mol. The summed E-state index contributed by atoms with van der Waals surface area (Å²) in [5.74, 6) is -0.923. The van der Waals surface area contributed by atoms with Gasteiger partial charge in [-0.1, -0.05) is 0 Å². The Bertz CT molecular complexity index is 607. The standard InChI is InChI=1S/C13H12F4N2S/c1-7(18-2)11-6-20-12(19-11)8-3-9(13(15,16)17)5-10(14)4-8/h3-7,18H,1-2H3. The number of nitrogens with one attached hydrogen (secondary N) is 1. The molecule has 0 saturated heterocycles. The number of halogens is 4. The molecule has 0 fully saturated rings. The van der Waals surface area contributed by atoms with Crippen LogP contribution in [-0.4, -0.2) is 12.0 Å². The predicted molar refractivity (Wildman–Crippen MR) is 70.0 cm³/mol. The van der Waals surface area contributed by atoms with Gasteiger partial charge in [-0.25, -0.2) is 9.37 Å². The van der Waals surface area contributed by atoms with Crippen molar-refractivity contribution in [3.8, 4) is 10.6 Å². The monoisotopic (exact) mass is 304 g/mol. The van der Waals surface area contributed by atoms with Crippen LogP contribution in [0.5, 0.6) is 0 Å². The first-order valence-corrected chi connectivity index (χ1v) is 6.70. The molecule has 0 bridgehead atoms. The number of nitrogens with zero attached hydrogens (tertiary/aromatic N) is 1. The molecule has 0 aliphatic rings. The van der Waals surface area contributed by atoms with Gasteiger partial charge >= 0.3 is 6.18 Å². The summed E-state index contributed by atoms with van der Waals surface area (Å²) in [6, 6.07) is 2.43. The van der Waals surface area contributed by atoms with Gasteiger partial charge in [0.2, 0.25) is 0 Å². The van der Waals surface area contributed by atoms with Crippen molar-refractivity contribution < 1.29 is 17.6 Å². The topological polar surface area (TPSA) is 24.9 Å². The molecule has 0 radical (unpaired) electrons. The maximum atomic E-state index is 13.3. The number of rotatable bonds is 3. The van der Waals surface area contributed by atoms with Crippen molar-refractivity contribution in [2.45, 2.75) is 19.1 Å². The number of hydrogen-bond acceptors (Lipinski definition) is 3. The quantitative estimate of drug-likeness (QED) is 0.858. The van der Waals surface area contributed by atoms with Crippen LogP contribution in [0.3, 0.4) is 0 Å². The molecule has 7 heteroatoms. The van der Waals surface area contributed by atoms with Crippen LogP contribution in [0, 0.1) is 5.82 Å². The number of thiazole rings is 1. The van der Waals surface area contributed by atoms with E-state index < -0.39 is 17.6 Å². The minimum Gasteiger partial charge on any atom is -0.312 e. The second-order valence-corrected chi connectivity index (χ2v) is 5.17. The maximum absolute atomic E-state index is 13.3. The summed E-state index contributed by atoms with van der Waals surface area (Å²) in [5, 5.41) is 5.10. The van der Waals surface area contributed by atoms with Gasteiger partial charge in [-0.15, -0.1) is 11.3 Å². The zero-order valence-electron chi connectivity index (χ0n) is 10.8. The van der Waals surface area contributed by atoms with Crippen molar-refractivity contribution in [2.75, 3.05) is 7.05 Å². The van der Waals surface area contributed by atoms with E-state index in [0.29, 0.717) is 16.8 Å². The molecule has 0 aliphatic heterocycles. The number of benzene rings is 1. The van der Waals surface area contributed by atoms with Crippen molar-refractivity contribution >= 4 is 11.3 Å². The first-order valence-electron chi connectivity index (χ1n) is 5.82. The molecule has 2 nitrogen and oxygen atoms in total. The fourth-order valence-corrected chi connectivity index (χ4v) is 2.54. The predicted octanol–water partition coefficient (Wildman–Crippen LogP) is 4.25. The normalized spacial score (nSPS) is 13.5. The molecule has 0 spiro atoms. The molecule has 1 atom stereocenters. The van der Waals surface area contributed by atoms with Gasteiger partial charge in [0.05, 0.1) is 11.3 Å². The van der Waals surface area contributed by atoms with Crippen LogP contribution in [0.1, 0.15) is 24.2 Å². The minimum absolute atomic E-state index is 0.0179. The molecule has 2 aromatic rings. The van der Waals surface area contributed by atoms with E-state index in [1.807, 2.05) is 6.92 Å². The third-order valence-electron chi connectivity index (χ3n) is 2.87. The maximum Gasteiger partial charge on any atom is 0.416 e. The molecule has 2 rings (SSSR count). The lowest BCUT2D eigenvalue weighted by atomic mass is 10.1. The second kappa shape index (κ2) is 5.49. The summed E-state index contributed by atoms with van der Waals surface area (Å²) >= 11 is 1.19. The first-order chi connectivity index (χ1) is 9.31. The van der Waals surface area contributed by atoms with Gasteiger partial charge in [0.1, 0.15) is 10.8 Å². The largest absolute Gasteiger partial charge is 0.416 e. The number of alkyl halides is 3. The van der Waals surface area contributed by atoms with Gasteiger partial charge in [0, 0.05) is 17.0 Å². The lowest BCUT2D eigenvalue weighted by molar-refractivity contribution is -0.137. The molecule has 0 saturated carbocycles. The van der Waals surface area contributed by atoms with E-state index in [4.69, 9.17) is 0 Å². The van der Waals surface area contributed by atoms with Crippen LogP contribution in [-0.2, 0) is 6.18 Å². The second-order valence-electron chi connectivity index (χ2n) is 4.31. The van der Waals surface area contributed by atoms with Crippen LogP contribution in [0.4, 0.5) is 17.6 Å². The Kier molecular flexibility index (Phi) is 4.10. The van der Waals surface area contributed by atoms with Crippen LogP contribution in [0.2, 0.25) is 0 Å². The van der Waals surface area contributed by atoms with Crippen LogP contribution in [0.25, 0.3) is 10.6 Å². The highest BCUT2D eigenvalue weighted by molar-refractivity contribution is 7.13. The Balaban J connectivity index is 2.42. The minimum atomic E-state index is -4.57. The zero-order valence-corrected chi connectivity index (χ0v) is 11.6. The Hall–Kier alpha value is -1.47. The Labute approximate surface area is 117 Å². The van der Waals surface area contributed by atoms with E-state index in [1.165, 1.54) is 11.3 Å². The fourth-order valence-electron chi connectivity index (χ4n) is 1.64. The van der Waals surface area contributed by atoms with Gasteiger partial charge in [0.15, 0.2) is 0 Å². The van der Waals surface area contributed by atoms with Crippen molar-refractivity contribution in [3.05, 3.63) is 40.7 Å². The van der Waals surface area contributed by atoms with Crippen LogP contribution >= 0.6 is 11.3 Å². The highest BCUT2D eigenvalue weighted by Crippen LogP contribution is 2.34. The van der Waals surface area contributed by atoms with Gasteiger partial charge in [-0.05, 0) is 32.2 Å². The number of hydrogen-bond donors (Lipinski definition) is 1. The Morgan fingerprint density at radius 2 is 1.95 bits per heavy atom. The van der Waals surface area contributed by atoms with Gasteiger partial charge in [0.25, 0.3) is 0 Å². The van der Waals surface area contributed by atoms with E-state index >= 15 is 0 Å². The fraction of sp³-hybridized carbons (Fsp3) is 0.308. The Morgan fingerprint density at radius 1 is 1.25 bits per heavy atom. The van der Waals surface area contributed by atoms with Gasteiger partial charge in [-0.3, -0.25) is 0 Å². The van der Waals surface area contributed by atoms with E-state index in [9.17, 15) is 17.6 Å². The van der Waals surface area contributed by atoms with Crippen molar-refractivity contribution in [1.29, 1.82) is 0 Å². The summed E-state index contributed by atoms with van der Waals surface area (Å²) < 4.78 is 51.3. The highest BCUT2D eigenvalue weighted by atomic mass is 32.1. The smallest absolute Gasteiger partial charge is 0.312 e. The molecule has 108 valence electrons. The summed E-state index contributed by atoms with van der Waals surface area (Å²) in [7, 11) is 1.76. The molecule has 1 heterocycles. The third kappa shape index (κ3) is 3.16. The first kappa shape index (κ1) is 14.9. The lowest BCUT2D eigenvalue weighted by Gasteiger charge is -2.08. The lowest BCUT2D eigenvalue weighted by Crippen LogP contribution is -2.12. The molecule has 0 amide bonds. The van der Waals surface area contributed by atoms with Gasteiger partial charge in [-0.2, -0.15) is 13.2 Å². The molecular weight excluding hydrogens is 292 g/mol. The zero-order chi connectivity index (χ0) is 14.9. The Morgan fingerprint density at radius 3 is 2.55 bits per heavy atom. The summed E-state index contributed by atoms with van der Waals surface area (Å²) in [4.78, 5) is 4.24. The SMILES string of the molecule is CNC(C)c1csc(-c2cc(F)cc(C(F)(F)F)c2)n1. The molecule has 1 N–H and O–H groups in total. The van der Waals surface area contributed by atoms with Crippen molar-refractivity contribution in [3.63, 3.8) is 0 Å². The summed E-state index contributed by atoms with van der Waals surface area (Å²) in [6.45, 7) is 1.88. The average Bonchev–Trinajstić information content (AvgIpc) is 2.85. The third-order valence-corrected chi connectivity index (χ3v) is 3.78. The molecule has 20 heavy (non-hydrogen) atoms. The van der Waals surface area contributed by atoms with E-state index in [-0.39, 0.29) is 11.6 Å². The molecule has 1 unspecified atom stereocenters. The van der Waals surface area contributed by atoms with E-state index in [1.54, 1.807) is 12.4 Å². The molecular formula is C13H12F4N2S. The molecule has 0 aliphatic carbocycles. The van der Waals surface area contributed by atoms with Crippen molar-refractivity contribution in [2.24, 2.45) is 0 Å². The van der Waals surface area contributed by atoms with Crippen LogP contribution < -0.4 is 5.32 Å². The van der Waals surface area contributed by atoms with Crippen molar-refractivity contribution in [1.82, 2.24) is 10.3 Å². The number of aromatic nitrogens is 1. The van der Waals surface area contributed by atoms with Gasteiger partial charge < -0.3 is 5.32 Å². The summed E-state index contributed by atoms with van der Waals surface area (Å²) in [6.07, 6.45) is -4.57. The summed E-state index contributed by atoms with van der Waals surface area (Å²) in [5.41, 5.74) is -0.159. The highest BCUT2D eigenvalue weighted by Gasteiger charge is 2.31. The van der Waals surface area contributed by atoms with E-state index in [0.717, 1.165) is 12.1 Å². The van der Waals surface area contributed by atoms with Crippen LogP contribution in [0.15, 0.2) is 23.6 Å². The molecule has 1 aromatic carbocycles. The van der Waals surface area contributed by atoms with E-state index in [2.05, 4.69) is 10.3 Å².